The Bertz CT molecular complexity index is 1120. The van der Waals surface area contributed by atoms with E-state index in [-0.39, 0.29) is 11.4 Å². The molecule has 0 unspecified atom stereocenters. The number of hydrogen-bond donors (Lipinski definition) is 1. The van der Waals surface area contributed by atoms with Crippen LogP contribution in [0.15, 0.2) is 46.6 Å². The SMILES string of the molecule is Cc1cccc(CS(=O)(=O)N2CCC(Cc3n[nH]c(=O)n3-c3cccs3)CC2)c1. The van der Waals surface area contributed by atoms with Gasteiger partial charge in [0, 0.05) is 19.5 Å². The zero-order valence-electron chi connectivity index (χ0n) is 16.2. The van der Waals surface area contributed by atoms with Gasteiger partial charge in [0.25, 0.3) is 0 Å². The summed E-state index contributed by atoms with van der Waals surface area (Å²) in [7, 11) is -3.33. The summed E-state index contributed by atoms with van der Waals surface area (Å²) in [5.41, 5.74) is 1.65. The Kier molecular flexibility index (Phi) is 5.71. The third-order valence-corrected chi connectivity index (χ3v) is 8.04. The number of hydrogen-bond acceptors (Lipinski definition) is 5. The maximum absolute atomic E-state index is 12.8. The van der Waals surface area contributed by atoms with E-state index < -0.39 is 10.0 Å². The van der Waals surface area contributed by atoms with Crippen molar-refractivity contribution in [1.82, 2.24) is 19.1 Å². The van der Waals surface area contributed by atoms with Crippen LogP contribution in [0, 0.1) is 12.8 Å². The second kappa shape index (κ2) is 8.25. The topological polar surface area (TPSA) is 88.1 Å². The molecule has 0 saturated carbocycles. The quantitative estimate of drug-likeness (QED) is 0.649. The summed E-state index contributed by atoms with van der Waals surface area (Å²) in [4.78, 5) is 12.1. The number of sulfonamides is 1. The van der Waals surface area contributed by atoms with Gasteiger partial charge in [-0.3, -0.25) is 0 Å². The molecule has 0 aliphatic carbocycles. The monoisotopic (exact) mass is 432 g/mol. The predicted molar refractivity (Wildman–Crippen MR) is 114 cm³/mol. The van der Waals surface area contributed by atoms with Gasteiger partial charge in [-0.1, -0.05) is 29.8 Å². The van der Waals surface area contributed by atoms with E-state index in [4.69, 9.17) is 0 Å². The van der Waals surface area contributed by atoms with E-state index in [1.165, 1.54) is 11.3 Å². The molecule has 0 spiro atoms. The highest BCUT2D eigenvalue weighted by atomic mass is 32.2. The van der Waals surface area contributed by atoms with Gasteiger partial charge in [0.2, 0.25) is 10.0 Å². The van der Waals surface area contributed by atoms with E-state index in [0.29, 0.717) is 31.3 Å². The van der Waals surface area contributed by atoms with Crippen LogP contribution in [0.1, 0.15) is 29.8 Å². The Hall–Kier alpha value is -2.23. The highest BCUT2D eigenvalue weighted by molar-refractivity contribution is 7.88. The third-order valence-electron chi connectivity index (χ3n) is 5.34. The first-order valence-electron chi connectivity index (χ1n) is 9.66. The molecule has 7 nitrogen and oxygen atoms in total. The van der Waals surface area contributed by atoms with Gasteiger partial charge in [-0.15, -0.1) is 11.3 Å². The molecule has 154 valence electrons. The second-order valence-corrected chi connectivity index (χ2v) is 10.4. The van der Waals surface area contributed by atoms with Gasteiger partial charge in [-0.2, -0.15) is 5.10 Å². The smallest absolute Gasteiger partial charge is 0.246 e. The fraction of sp³-hybridized carbons (Fsp3) is 0.400. The number of aromatic nitrogens is 3. The number of nitrogens with zero attached hydrogens (tertiary/aromatic N) is 3. The molecule has 0 amide bonds. The van der Waals surface area contributed by atoms with Crippen LogP contribution in [-0.4, -0.2) is 40.6 Å². The van der Waals surface area contributed by atoms with Gasteiger partial charge in [0.05, 0.1) is 5.75 Å². The molecule has 1 fully saturated rings. The molecular weight excluding hydrogens is 408 g/mol. The van der Waals surface area contributed by atoms with Crippen molar-refractivity contribution in [3.8, 4) is 5.00 Å². The molecule has 4 rings (SSSR count). The van der Waals surface area contributed by atoms with Gasteiger partial charge in [0.15, 0.2) is 0 Å². The lowest BCUT2D eigenvalue weighted by molar-refractivity contribution is 0.269. The summed E-state index contributed by atoms with van der Waals surface area (Å²) in [6.45, 7) is 2.98. The number of thiophene rings is 1. The molecule has 9 heteroatoms. The van der Waals surface area contributed by atoms with Gasteiger partial charge in [-0.25, -0.2) is 27.2 Å². The van der Waals surface area contributed by atoms with Crippen molar-refractivity contribution >= 4 is 21.4 Å². The van der Waals surface area contributed by atoms with Gasteiger partial charge in [-0.05, 0) is 48.8 Å². The number of piperidine rings is 1. The molecule has 3 heterocycles. The Morgan fingerprint density at radius 3 is 2.69 bits per heavy atom. The average Bonchev–Trinajstić information content (AvgIpc) is 3.32. The second-order valence-electron chi connectivity index (χ2n) is 7.52. The largest absolute Gasteiger partial charge is 0.348 e. The van der Waals surface area contributed by atoms with Crippen LogP contribution in [0.5, 0.6) is 0 Å². The summed E-state index contributed by atoms with van der Waals surface area (Å²) in [6, 6.07) is 11.4. The van der Waals surface area contributed by atoms with E-state index in [1.807, 2.05) is 48.7 Å². The van der Waals surface area contributed by atoms with Crippen molar-refractivity contribution < 1.29 is 8.42 Å². The minimum atomic E-state index is -3.33. The zero-order valence-corrected chi connectivity index (χ0v) is 17.9. The summed E-state index contributed by atoms with van der Waals surface area (Å²) in [5, 5.41) is 9.51. The van der Waals surface area contributed by atoms with Crippen LogP contribution in [0.4, 0.5) is 0 Å². The van der Waals surface area contributed by atoms with E-state index in [2.05, 4.69) is 10.2 Å². The molecule has 1 saturated heterocycles. The maximum atomic E-state index is 12.8. The number of nitrogens with one attached hydrogen (secondary N) is 1. The normalized spacial score (nSPS) is 16.3. The summed E-state index contributed by atoms with van der Waals surface area (Å²) in [6.07, 6.45) is 2.18. The maximum Gasteiger partial charge on any atom is 0.348 e. The molecule has 0 radical (unpaired) electrons. The van der Waals surface area contributed by atoms with Crippen LogP contribution in [-0.2, 0) is 22.2 Å². The van der Waals surface area contributed by atoms with Gasteiger partial charge >= 0.3 is 5.69 Å². The van der Waals surface area contributed by atoms with Gasteiger partial charge in [0.1, 0.15) is 10.8 Å². The molecule has 0 bridgehead atoms. The van der Waals surface area contributed by atoms with Crippen molar-refractivity contribution in [3.05, 3.63) is 69.2 Å². The van der Waals surface area contributed by atoms with E-state index >= 15 is 0 Å². The number of benzene rings is 1. The fourth-order valence-electron chi connectivity index (χ4n) is 3.84. The van der Waals surface area contributed by atoms with Crippen molar-refractivity contribution in [1.29, 1.82) is 0 Å². The first-order chi connectivity index (χ1) is 13.9. The molecule has 1 N–H and O–H groups in total. The molecule has 1 aliphatic heterocycles. The zero-order chi connectivity index (χ0) is 20.4. The van der Waals surface area contributed by atoms with E-state index in [9.17, 15) is 13.2 Å². The standard InChI is InChI=1S/C20H24N4O3S2/c1-15-4-2-5-17(12-15)14-29(26,27)23-9-7-16(8-10-23)13-18-21-22-20(25)24(18)19-6-3-11-28-19/h2-6,11-12,16H,7-10,13-14H2,1H3,(H,22,25). The summed E-state index contributed by atoms with van der Waals surface area (Å²) >= 11 is 1.49. The van der Waals surface area contributed by atoms with Crippen molar-refractivity contribution in [2.75, 3.05) is 13.1 Å². The molecule has 1 aromatic carbocycles. The Morgan fingerprint density at radius 1 is 1.21 bits per heavy atom. The van der Waals surface area contributed by atoms with Crippen LogP contribution in [0.2, 0.25) is 0 Å². The Morgan fingerprint density at radius 2 is 2.00 bits per heavy atom. The lowest BCUT2D eigenvalue weighted by Crippen LogP contribution is -2.39. The average molecular weight is 433 g/mol. The number of H-pyrrole nitrogens is 1. The molecular formula is C20H24N4O3S2. The molecule has 1 aliphatic rings. The van der Waals surface area contributed by atoms with Crippen LogP contribution < -0.4 is 5.69 Å². The number of rotatable bonds is 6. The molecule has 3 aromatic rings. The Balaban J connectivity index is 1.40. The lowest BCUT2D eigenvalue weighted by atomic mass is 9.94. The first kappa shape index (κ1) is 20.1. The van der Waals surface area contributed by atoms with Crippen molar-refractivity contribution in [2.45, 2.75) is 31.9 Å². The van der Waals surface area contributed by atoms with E-state index in [1.54, 1.807) is 8.87 Å². The Labute approximate surface area is 174 Å². The highest BCUT2D eigenvalue weighted by Crippen LogP contribution is 2.25. The fourth-order valence-corrected chi connectivity index (χ4v) is 6.14. The third kappa shape index (κ3) is 4.52. The molecule has 29 heavy (non-hydrogen) atoms. The molecule has 0 atom stereocenters. The minimum Gasteiger partial charge on any atom is -0.246 e. The van der Waals surface area contributed by atoms with Crippen molar-refractivity contribution in [2.24, 2.45) is 5.92 Å². The minimum absolute atomic E-state index is 0.0383. The molecule has 2 aromatic heterocycles. The summed E-state index contributed by atoms with van der Waals surface area (Å²) < 4.78 is 28.8. The van der Waals surface area contributed by atoms with Crippen LogP contribution >= 0.6 is 11.3 Å². The van der Waals surface area contributed by atoms with Gasteiger partial charge < -0.3 is 0 Å². The van der Waals surface area contributed by atoms with E-state index in [0.717, 1.165) is 29.0 Å². The predicted octanol–water partition coefficient (Wildman–Crippen LogP) is 2.72. The van der Waals surface area contributed by atoms with Crippen LogP contribution in [0.3, 0.4) is 0 Å². The highest BCUT2D eigenvalue weighted by Gasteiger charge is 2.29. The number of aryl methyl sites for hydroxylation is 1. The first-order valence-corrected chi connectivity index (χ1v) is 12.1. The summed E-state index contributed by atoms with van der Waals surface area (Å²) in [5.74, 6) is 1.05. The lowest BCUT2D eigenvalue weighted by Gasteiger charge is -2.31. The van der Waals surface area contributed by atoms with Crippen LogP contribution in [0.25, 0.3) is 5.00 Å². The van der Waals surface area contributed by atoms with Crippen molar-refractivity contribution in [3.63, 3.8) is 0 Å². The number of aromatic amines is 1.